The quantitative estimate of drug-likeness (QED) is 0.768. The zero-order valence-corrected chi connectivity index (χ0v) is 13.4. The van der Waals surface area contributed by atoms with E-state index in [4.69, 9.17) is 4.74 Å². The second kappa shape index (κ2) is 8.03. The summed E-state index contributed by atoms with van der Waals surface area (Å²) >= 11 is 0. The first-order valence-corrected chi connectivity index (χ1v) is 7.28. The molecule has 0 aliphatic rings. The fourth-order valence-electron chi connectivity index (χ4n) is 2.17. The van der Waals surface area contributed by atoms with Gasteiger partial charge in [0.25, 0.3) is 5.91 Å². The lowest BCUT2D eigenvalue weighted by molar-refractivity contribution is -0.138. The number of alkyl halides is 5. The molecule has 140 valence electrons. The largest absolute Gasteiger partial charge is 0.497 e. The summed E-state index contributed by atoms with van der Waals surface area (Å²) in [5.74, 6) is -0.745. The van der Waals surface area contributed by atoms with E-state index < -0.39 is 24.3 Å². The molecule has 0 aromatic heterocycles. The summed E-state index contributed by atoms with van der Waals surface area (Å²) in [4.78, 5) is 12.0. The van der Waals surface area contributed by atoms with E-state index >= 15 is 0 Å². The second-order valence-corrected chi connectivity index (χ2v) is 5.11. The first kappa shape index (κ1) is 19.5. The van der Waals surface area contributed by atoms with Crippen LogP contribution in [0.1, 0.15) is 21.5 Å². The van der Waals surface area contributed by atoms with Crippen molar-refractivity contribution >= 4 is 5.91 Å². The zero-order valence-electron chi connectivity index (χ0n) is 13.4. The maximum Gasteiger partial charge on any atom is 0.416 e. The number of carbonyl (C=O) groups excluding carboxylic acids is 1. The monoisotopic (exact) mass is 375 g/mol. The first-order chi connectivity index (χ1) is 12.2. The van der Waals surface area contributed by atoms with Crippen LogP contribution in [-0.4, -0.2) is 19.6 Å². The highest BCUT2D eigenvalue weighted by Crippen LogP contribution is 2.34. The van der Waals surface area contributed by atoms with Crippen molar-refractivity contribution in [2.24, 2.45) is 0 Å². The number of ether oxygens (including phenoxy) is 2. The van der Waals surface area contributed by atoms with Gasteiger partial charge in [0, 0.05) is 12.1 Å². The van der Waals surface area contributed by atoms with E-state index in [-0.39, 0.29) is 29.2 Å². The molecule has 0 bridgehead atoms. The Labute approximate surface area is 145 Å². The highest BCUT2D eigenvalue weighted by Gasteiger charge is 2.33. The first-order valence-electron chi connectivity index (χ1n) is 7.28. The molecule has 0 unspecified atom stereocenters. The van der Waals surface area contributed by atoms with Crippen LogP contribution in [0.4, 0.5) is 22.0 Å². The lowest BCUT2D eigenvalue weighted by atomic mass is 10.1. The predicted molar refractivity (Wildman–Crippen MR) is 82.2 cm³/mol. The Morgan fingerprint density at radius 1 is 1.08 bits per heavy atom. The lowest BCUT2D eigenvalue weighted by Gasteiger charge is -2.15. The highest BCUT2D eigenvalue weighted by atomic mass is 19.4. The van der Waals surface area contributed by atoms with Crippen molar-refractivity contribution in [3.05, 3.63) is 59.2 Å². The van der Waals surface area contributed by atoms with Crippen LogP contribution >= 0.6 is 0 Å². The third-order valence-corrected chi connectivity index (χ3v) is 3.40. The van der Waals surface area contributed by atoms with Crippen LogP contribution in [0.3, 0.4) is 0 Å². The van der Waals surface area contributed by atoms with Gasteiger partial charge in [0.2, 0.25) is 0 Å². The summed E-state index contributed by atoms with van der Waals surface area (Å²) in [7, 11) is 1.25. The van der Waals surface area contributed by atoms with Gasteiger partial charge in [-0.3, -0.25) is 4.79 Å². The minimum atomic E-state index is -4.61. The predicted octanol–water partition coefficient (Wildman–Crippen LogP) is 4.25. The minimum Gasteiger partial charge on any atom is -0.497 e. The van der Waals surface area contributed by atoms with Crippen molar-refractivity contribution in [3.63, 3.8) is 0 Å². The Hall–Kier alpha value is -2.84. The number of halogens is 5. The lowest BCUT2D eigenvalue weighted by Crippen LogP contribution is -2.24. The molecule has 0 fully saturated rings. The number of hydrogen-bond acceptors (Lipinski definition) is 3. The zero-order chi connectivity index (χ0) is 19.3. The summed E-state index contributed by atoms with van der Waals surface area (Å²) < 4.78 is 72.4. The van der Waals surface area contributed by atoms with E-state index in [1.54, 1.807) is 0 Å². The molecule has 2 aromatic carbocycles. The molecule has 0 aliphatic heterocycles. The van der Waals surface area contributed by atoms with Gasteiger partial charge in [-0.25, -0.2) is 0 Å². The molecule has 1 amide bonds. The number of amides is 1. The second-order valence-electron chi connectivity index (χ2n) is 5.11. The Morgan fingerprint density at radius 3 is 2.23 bits per heavy atom. The van der Waals surface area contributed by atoms with Crippen LogP contribution < -0.4 is 14.8 Å². The minimum absolute atomic E-state index is 0.0435. The standard InChI is InChI=1S/C17H14F5NO3/c1-25-13-7-4-11(14(8-13)17(20,21)22)9-23-15(24)10-2-5-12(6-3-10)26-16(18)19/h2-8,16H,9H2,1H3,(H,23,24). The van der Waals surface area contributed by atoms with Crippen molar-refractivity contribution in [1.29, 1.82) is 0 Å². The number of methoxy groups -OCH3 is 1. The third kappa shape index (κ3) is 5.08. The molecule has 4 nitrogen and oxygen atoms in total. The molecule has 0 radical (unpaired) electrons. The molecule has 0 spiro atoms. The number of hydrogen-bond donors (Lipinski definition) is 1. The molecule has 1 N–H and O–H groups in total. The Bertz CT molecular complexity index is 760. The number of carbonyl (C=O) groups is 1. The normalized spacial score (nSPS) is 11.3. The molecule has 2 aromatic rings. The molecular formula is C17H14F5NO3. The number of benzene rings is 2. The number of nitrogens with one attached hydrogen (secondary N) is 1. The molecular weight excluding hydrogens is 361 g/mol. The van der Waals surface area contributed by atoms with E-state index in [1.807, 2.05) is 0 Å². The van der Waals surface area contributed by atoms with Crippen LogP contribution in [0, 0.1) is 0 Å². The fourth-order valence-corrected chi connectivity index (χ4v) is 2.17. The van der Waals surface area contributed by atoms with E-state index in [9.17, 15) is 26.7 Å². The van der Waals surface area contributed by atoms with Crippen molar-refractivity contribution < 1.29 is 36.2 Å². The summed E-state index contributed by atoms with van der Waals surface area (Å²) in [6, 6.07) is 8.19. The van der Waals surface area contributed by atoms with Gasteiger partial charge >= 0.3 is 12.8 Å². The van der Waals surface area contributed by atoms with Crippen LogP contribution in [0.5, 0.6) is 11.5 Å². The van der Waals surface area contributed by atoms with Gasteiger partial charge in [-0.15, -0.1) is 0 Å². The van der Waals surface area contributed by atoms with E-state index in [0.717, 1.165) is 18.2 Å². The van der Waals surface area contributed by atoms with Crippen molar-refractivity contribution in [3.8, 4) is 11.5 Å². The molecule has 0 aliphatic carbocycles. The Morgan fingerprint density at radius 2 is 1.69 bits per heavy atom. The molecule has 0 heterocycles. The van der Waals surface area contributed by atoms with Gasteiger partial charge in [-0.2, -0.15) is 22.0 Å². The van der Waals surface area contributed by atoms with Gasteiger partial charge in [0.05, 0.1) is 12.7 Å². The van der Waals surface area contributed by atoms with Gasteiger partial charge in [-0.05, 0) is 42.0 Å². The summed E-state index contributed by atoms with van der Waals surface area (Å²) in [6.45, 7) is -3.36. The number of rotatable bonds is 6. The van der Waals surface area contributed by atoms with Crippen molar-refractivity contribution in [2.45, 2.75) is 19.3 Å². The van der Waals surface area contributed by atoms with Crippen LogP contribution in [0.25, 0.3) is 0 Å². The molecule has 2 rings (SSSR count). The fraction of sp³-hybridized carbons (Fsp3) is 0.235. The topological polar surface area (TPSA) is 47.6 Å². The third-order valence-electron chi connectivity index (χ3n) is 3.40. The average molecular weight is 375 g/mol. The average Bonchev–Trinajstić information content (AvgIpc) is 2.59. The maximum atomic E-state index is 13.1. The molecule has 0 saturated heterocycles. The summed E-state index contributed by atoms with van der Waals surface area (Å²) in [5.41, 5.74) is -0.962. The van der Waals surface area contributed by atoms with Crippen LogP contribution in [-0.2, 0) is 12.7 Å². The maximum absolute atomic E-state index is 13.1. The molecule has 0 atom stereocenters. The van der Waals surface area contributed by atoms with Crippen LogP contribution in [0.15, 0.2) is 42.5 Å². The summed E-state index contributed by atoms with van der Waals surface area (Å²) in [5, 5.41) is 2.36. The van der Waals surface area contributed by atoms with E-state index in [2.05, 4.69) is 10.1 Å². The van der Waals surface area contributed by atoms with E-state index in [0.29, 0.717) is 0 Å². The molecule has 9 heteroatoms. The Balaban J connectivity index is 2.09. The molecule has 0 saturated carbocycles. The Kier molecular flexibility index (Phi) is 6.01. The van der Waals surface area contributed by atoms with Gasteiger partial charge in [0.1, 0.15) is 11.5 Å². The van der Waals surface area contributed by atoms with Crippen molar-refractivity contribution in [2.75, 3.05) is 7.11 Å². The smallest absolute Gasteiger partial charge is 0.416 e. The van der Waals surface area contributed by atoms with Crippen LogP contribution in [0.2, 0.25) is 0 Å². The van der Waals surface area contributed by atoms with Gasteiger partial charge in [0.15, 0.2) is 0 Å². The van der Waals surface area contributed by atoms with E-state index in [1.165, 1.54) is 31.4 Å². The SMILES string of the molecule is COc1ccc(CNC(=O)c2ccc(OC(F)F)cc2)c(C(F)(F)F)c1. The summed E-state index contributed by atoms with van der Waals surface area (Å²) in [6.07, 6.45) is -4.61. The highest BCUT2D eigenvalue weighted by molar-refractivity contribution is 5.94. The van der Waals surface area contributed by atoms with Gasteiger partial charge in [-0.1, -0.05) is 6.07 Å². The van der Waals surface area contributed by atoms with Crippen molar-refractivity contribution in [1.82, 2.24) is 5.32 Å². The molecule has 26 heavy (non-hydrogen) atoms. The van der Waals surface area contributed by atoms with Gasteiger partial charge < -0.3 is 14.8 Å².